The summed E-state index contributed by atoms with van der Waals surface area (Å²) in [6, 6.07) is 18.6. The zero-order chi connectivity index (χ0) is 33.7. The van der Waals surface area contributed by atoms with Gasteiger partial charge in [0.15, 0.2) is 11.6 Å². The lowest BCUT2D eigenvalue weighted by Gasteiger charge is -2.19. The van der Waals surface area contributed by atoms with Gasteiger partial charge in [0.25, 0.3) is 10.1 Å². The SMILES string of the molecule is CS(=O)(=O)O.NCC1CN(c2nc3c(cc2F)c(=O)c(C(=O)O)cn3C2CC2)C/C1=N\OCc1ccc(OCc2ccccc2)cc1. The molecule has 2 aromatic carbocycles. The standard InChI is InChI=1S/C31H30FN5O5.CH4O3S/c32-26-12-24-28(38)25(31(39)40)15-37(22-8-9-22)29(24)34-30(26)36-14-21(13-33)27(16-36)35-42-18-20-6-10-23(11-7-20)41-17-19-4-2-1-3-5-19;1-5(2,3)4/h1-7,10-12,15,21-22H,8-9,13-14,16-18,33H2,(H,39,40);1H3,(H,2,3,4)/b35-27+;. The number of carboxylic acid groups (broad SMARTS) is 1. The first-order valence-corrected chi connectivity index (χ1v) is 16.6. The van der Waals surface area contributed by atoms with Crippen molar-refractivity contribution in [2.45, 2.75) is 32.1 Å². The third-order valence-corrected chi connectivity index (χ3v) is 7.54. The maximum absolute atomic E-state index is 15.3. The summed E-state index contributed by atoms with van der Waals surface area (Å²) in [6.07, 6.45) is 3.70. The second-order valence-electron chi connectivity index (χ2n) is 11.3. The molecule has 13 nitrogen and oxygen atoms in total. The van der Waals surface area contributed by atoms with Crippen LogP contribution in [-0.2, 0) is 28.2 Å². The first-order chi connectivity index (χ1) is 22.4. The number of aromatic carboxylic acids is 1. The Morgan fingerprint density at radius 2 is 1.77 bits per heavy atom. The van der Waals surface area contributed by atoms with Crippen LogP contribution in [0.4, 0.5) is 10.2 Å². The number of carbonyl (C=O) groups is 1. The molecule has 248 valence electrons. The van der Waals surface area contributed by atoms with Crippen LogP contribution < -0.4 is 20.8 Å². The highest BCUT2D eigenvalue weighted by atomic mass is 32.2. The Morgan fingerprint density at radius 3 is 2.38 bits per heavy atom. The van der Waals surface area contributed by atoms with Crippen molar-refractivity contribution in [2.24, 2.45) is 16.8 Å². The van der Waals surface area contributed by atoms with E-state index in [4.69, 9.17) is 19.9 Å². The maximum Gasteiger partial charge on any atom is 0.341 e. The number of ether oxygens (including phenoxy) is 1. The largest absolute Gasteiger partial charge is 0.489 e. The number of benzene rings is 2. The Labute approximate surface area is 269 Å². The van der Waals surface area contributed by atoms with Crippen LogP contribution in [0, 0.1) is 11.7 Å². The molecule has 1 saturated heterocycles. The van der Waals surface area contributed by atoms with Gasteiger partial charge in [0, 0.05) is 31.2 Å². The molecule has 1 saturated carbocycles. The van der Waals surface area contributed by atoms with E-state index >= 15 is 4.39 Å². The molecule has 2 fully saturated rings. The van der Waals surface area contributed by atoms with Crippen LogP contribution in [-0.4, -0.2) is 65.2 Å². The Bertz CT molecular complexity index is 1940. The molecular formula is C32H34FN5O8S. The van der Waals surface area contributed by atoms with Crippen molar-refractivity contribution in [3.8, 4) is 5.75 Å². The van der Waals surface area contributed by atoms with Crippen molar-refractivity contribution in [3.63, 3.8) is 0 Å². The van der Waals surface area contributed by atoms with Crippen molar-refractivity contribution >= 4 is 38.7 Å². The molecule has 15 heteroatoms. The highest BCUT2D eigenvalue weighted by Crippen LogP contribution is 2.37. The minimum Gasteiger partial charge on any atom is -0.489 e. The summed E-state index contributed by atoms with van der Waals surface area (Å²) in [5.74, 6) is -1.42. The summed E-state index contributed by atoms with van der Waals surface area (Å²) < 4.78 is 48.7. The van der Waals surface area contributed by atoms with Gasteiger partial charge in [-0.15, -0.1) is 0 Å². The predicted octanol–water partition coefficient (Wildman–Crippen LogP) is 3.62. The van der Waals surface area contributed by atoms with Crippen LogP contribution in [0.5, 0.6) is 5.75 Å². The van der Waals surface area contributed by atoms with Crippen LogP contribution in [0.2, 0.25) is 0 Å². The van der Waals surface area contributed by atoms with E-state index in [1.54, 1.807) is 9.47 Å². The van der Waals surface area contributed by atoms with Gasteiger partial charge in [-0.25, -0.2) is 14.2 Å². The summed E-state index contributed by atoms with van der Waals surface area (Å²) in [4.78, 5) is 36.3. The summed E-state index contributed by atoms with van der Waals surface area (Å²) in [6.45, 7) is 1.64. The first-order valence-electron chi connectivity index (χ1n) is 14.7. The van der Waals surface area contributed by atoms with Gasteiger partial charge in [-0.2, -0.15) is 8.42 Å². The van der Waals surface area contributed by atoms with Crippen LogP contribution in [0.3, 0.4) is 0 Å². The number of rotatable bonds is 10. The number of nitrogens with zero attached hydrogens (tertiary/aromatic N) is 4. The van der Waals surface area contributed by atoms with E-state index in [1.807, 2.05) is 54.6 Å². The summed E-state index contributed by atoms with van der Waals surface area (Å²) in [5, 5.41) is 13.8. The Morgan fingerprint density at radius 1 is 1.11 bits per heavy atom. The molecule has 1 aliphatic carbocycles. The minimum absolute atomic E-state index is 0.0300. The van der Waals surface area contributed by atoms with Gasteiger partial charge in [-0.05, 0) is 42.2 Å². The van der Waals surface area contributed by atoms with Crippen LogP contribution in [0.15, 0.2) is 76.8 Å². The Balaban J connectivity index is 0.000000807. The lowest BCUT2D eigenvalue weighted by Crippen LogP contribution is -2.26. The van der Waals surface area contributed by atoms with Gasteiger partial charge in [0.1, 0.15) is 30.2 Å². The number of hydrogen-bond acceptors (Lipinski definition) is 10. The van der Waals surface area contributed by atoms with Gasteiger partial charge in [-0.3, -0.25) is 9.35 Å². The first kappa shape index (κ1) is 33.5. The van der Waals surface area contributed by atoms with Crippen molar-refractivity contribution in [3.05, 3.63) is 99.6 Å². The van der Waals surface area contributed by atoms with Crippen LogP contribution >= 0.6 is 0 Å². The monoisotopic (exact) mass is 667 g/mol. The molecule has 0 bridgehead atoms. The fraction of sp³-hybridized carbons (Fsp3) is 0.312. The number of fused-ring (bicyclic) bond motifs is 1. The van der Waals surface area contributed by atoms with E-state index in [2.05, 4.69) is 10.1 Å². The molecule has 3 heterocycles. The molecule has 2 aliphatic rings. The highest BCUT2D eigenvalue weighted by molar-refractivity contribution is 7.85. The number of aromatic nitrogens is 2. The van der Waals surface area contributed by atoms with Crippen molar-refractivity contribution in [1.29, 1.82) is 0 Å². The fourth-order valence-corrected chi connectivity index (χ4v) is 5.09. The fourth-order valence-electron chi connectivity index (χ4n) is 5.09. The molecule has 2 aromatic heterocycles. The average molecular weight is 668 g/mol. The normalized spacial score (nSPS) is 17.0. The van der Waals surface area contributed by atoms with Crippen molar-refractivity contribution in [1.82, 2.24) is 9.55 Å². The van der Waals surface area contributed by atoms with Crippen molar-refractivity contribution in [2.75, 3.05) is 30.8 Å². The van der Waals surface area contributed by atoms with Crippen molar-refractivity contribution < 1.29 is 36.8 Å². The van der Waals surface area contributed by atoms with Gasteiger partial charge in [-0.1, -0.05) is 47.6 Å². The average Bonchev–Trinajstić information content (AvgIpc) is 3.79. The van der Waals surface area contributed by atoms with E-state index < -0.39 is 32.9 Å². The molecule has 4 N–H and O–H groups in total. The molecule has 6 rings (SSSR count). The van der Waals surface area contributed by atoms with E-state index in [1.165, 1.54) is 6.20 Å². The molecule has 47 heavy (non-hydrogen) atoms. The van der Waals surface area contributed by atoms with E-state index in [0.29, 0.717) is 25.1 Å². The molecule has 1 unspecified atom stereocenters. The van der Waals surface area contributed by atoms with Crippen LogP contribution in [0.1, 0.15) is 40.4 Å². The second kappa shape index (κ2) is 14.3. The zero-order valence-corrected chi connectivity index (χ0v) is 26.3. The quantitative estimate of drug-likeness (QED) is 0.166. The Hall–Kier alpha value is -4.86. The number of nitrogens with two attached hydrogens (primary N) is 1. The zero-order valence-electron chi connectivity index (χ0n) is 25.5. The number of anilines is 1. The molecule has 0 spiro atoms. The number of pyridine rings is 2. The van der Waals surface area contributed by atoms with Gasteiger partial charge >= 0.3 is 5.97 Å². The third kappa shape index (κ3) is 8.69. The third-order valence-electron chi connectivity index (χ3n) is 7.54. The summed E-state index contributed by atoms with van der Waals surface area (Å²) >= 11 is 0. The summed E-state index contributed by atoms with van der Waals surface area (Å²) in [5.41, 5.74) is 7.80. The molecular weight excluding hydrogens is 633 g/mol. The second-order valence-corrected chi connectivity index (χ2v) is 12.8. The lowest BCUT2D eigenvalue weighted by molar-refractivity contribution is 0.0694. The number of oxime groups is 1. The number of hydrogen-bond donors (Lipinski definition) is 3. The molecule has 4 aromatic rings. The van der Waals surface area contributed by atoms with E-state index in [9.17, 15) is 23.1 Å². The maximum atomic E-state index is 15.3. The highest BCUT2D eigenvalue weighted by Gasteiger charge is 2.33. The van der Waals surface area contributed by atoms with E-state index in [-0.39, 0.29) is 48.5 Å². The predicted molar refractivity (Wildman–Crippen MR) is 173 cm³/mol. The molecule has 0 amide bonds. The smallest absolute Gasteiger partial charge is 0.341 e. The number of carboxylic acids is 1. The van der Waals surface area contributed by atoms with Gasteiger partial charge in [0.05, 0.1) is 23.9 Å². The molecule has 1 aliphatic heterocycles. The van der Waals surface area contributed by atoms with Gasteiger partial charge < -0.3 is 29.9 Å². The number of halogens is 1. The van der Waals surface area contributed by atoms with E-state index in [0.717, 1.165) is 35.8 Å². The van der Waals surface area contributed by atoms with Crippen LogP contribution in [0.25, 0.3) is 11.0 Å². The van der Waals surface area contributed by atoms with Gasteiger partial charge in [0.2, 0.25) is 5.43 Å². The summed E-state index contributed by atoms with van der Waals surface area (Å²) in [7, 11) is -3.67. The lowest BCUT2D eigenvalue weighted by atomic mass is 10.1. The Kier molecular flexibility index (Phi) is 10.2. The topological polar surface area (TPSA) is 187 Å². The molecule has 0 radical (unpaired) electrons. The molecule has 1 atom stereocenters. The minimum atomic E-state index is -3.67.